The fraction of sp³-hybridized carbons (Fsp3) is 0.125. The third-order valence-electron chi connectivity index (χ3n) is 1.82. The van der Waals surface area contributed by atoms with E-state index in [0.717, 1.165) is 0 Å². The number of pyridine rings is 1. The molecule has 6 heteroatoms. The van der Waals surface area contributed by atoms with E-state index in [9.17, 15) is 4.79 Å². The first kappa shape index (κ1) is 9.38. The topological polar surface area (TPSA) is 57.0 Å². The molecule has 0 saturated heterocycles. The van der Waals surface area contributed by atoms with Gasteiger partial charge in [-0.25, -0.2) is 7.69 Å². The summed E-state index contributed by atoms with van der Waals surface area (Å²) in [6.45, 7) is 0. The largest absolute Gasteiger partial charge is 0.465 e. The van der Waals surface area contributed by atoms with Crippen LogP contribution in [0.15, 0.2) is 18.5 Å². The molecule has 14 heavy (non-hydrogen) atoms. The molecule has 0 fully saturated rings. The number of carbonyl (C=O) groups is 1. The fourth-order valence-electron chi connectivity index (χ4n) is 1.20. The van der Waals surface area contributed by atoms with Crippen molar-refractivity contribution in [3.8, 4) is 0 Å². The maximum absolute atomic E-state index is 11.4. The van der Waals surface area contributed by atoms with Crippen LogP contribution in [0, 0.1) is 0 Å². The highest BCUT2D eigenvalue weighted by molar-refractivity contribution is 14.1. The lowest BCUT2D eigenvalue weighted by atomic mass is 10.2. The number of ether oxygens (including phenoxy) is 1. The zero-order chi connectivity index (χ0) is 10.1. The predicted molar refractivity (Wildman–Crippen MR) is 58.3 cm³/mol. The SMILES string of the molecule is COC(=O)c1ccnc2cnn(I)c12. The van der Waals surface area contributed by atoms with Crippen molar-refractivity contribution in [1.82, 2.24) is 13.0 Å². The van der Waals surface area contributed by atoms with Crippen LogP contribution in [-0.4, -0.2) is 26.1 Å². The van der Waals surface area contributed by atoms with E-state index in [1.807, 2.05) is 22.9 Å². The number of halogens is 1. The van der Waals surface area contributed by atoms with Gasteiger partial charge in [0, 0.05) is 6.20 Å². The van der Waals surface area contributed by atoms with Crippen LogP contribution in [-0.2, 0) is 4.74 Å². The van der Waals surface area contributed by atoms with E-state index in [4.69, 9.17) is 0 Å². The Morgan fingerprint density at radius 1 is 1.64 bits per heavy atom. The van der Waals surface area contributed by atoms with E-state index < -0.39 is 0 Å². The van der Waals surface area contributed by atoms with Gasteiger partial charge in [-0.1, -0.05) is 0 Å². The summed E-state index contributed by atoms with van der Waals surface area (Å²) in [4.78, 5) is 15.5. The minimum Gasteiger partial charge on any atom is -0.465 e. The highest BCUT2D eigenvalue weighted by Gasteiger charge is 2.14. The number of esters is 1. The average molecular weight is 303 g/mol. The molecule has 72 valence electrons. The summed E-state index contributed by atoms with van der Waals surface area (Å²) in [5.41, 5.74) is 1.84. The Morgan fingerprint density at radius 3 is 3.14 bits per heavy atom. The average Bonchev–Trinajstić information content (AvgIpc) is 2.59. The lowest BCUT2D eigenvalue weighted by Crippen LogP contribution is -2.03. The van der Waals surface area contributed by atoms with E-state index in [1.165, 1.54) is 7.11 Å². The number of hydrogen-bond donors (Lipinski definition) is 0. The predicted octanol–water partition coefficient (Wildman–Crippen LogP) is 1.42. The Hall–Kier alpha value is -1.18. The van der Waals surface area contributed by atoms with Crippen molar-refractivity contribution in [3.63, 3.8) is 0 Å². The van der Waals surface area contributed by atoms with Gasteiger partial charge in [0.2, 0.25) is 0 Å². The van der Waals surface area contributed by atoms with Crippen LogP contribution < -0.4 is 0 Å². The highest BCUT2D eigenvalue weighted by Crippen LogP contribution is 2.18. The van der Waals surface area contributed by atoms with Crippen LogP contribution in [0.3, 0.4) is 0 Å². The van der Waals surface area contributed by atoms with Crippen molar-refractivity contribution in [1.29, 1.82) is 0 Å². The molecule has 0 unspecified atom stereocenters. The summed E-state index contributed by atoms with van der Waals surface area (Å²) in [5.74, 6) is -0.379. The van der Waals surface area contributed by atoms with Crippen molar-refractivity contribution in [3.05, 3.63) is 24.0 Å². The second-order valence-electron chi connectivity index (χ2n) is 2.59. The first-order valence-electron chi connectivity index (χ1n) is 3.81. The number of carbonyl (C=O) groups excluding carboxylic acids is 1. The van der Waals surface area contributed by atoms with Crippen LogP contribution in [0.5, 0.6) is 0 Å². The Labute approximate surface area is 93.6 Å². The van der Waals surface area contributed by atoms with Gasteiger partial charge in [0.25, 0.3) is 0 Å². The van der Waals surface area contributed by atoms with Crippen molar-refractivity contribution < 1.29 is 9.53 Å². The molecular formula is C8H6IN3O2. The molecule has 0 aliphatic heterocycles. The second kappa shape index (κ2) is 3.52. The van der Waals surface area contributed by atoms with Crippen LogP contribution in [0.1, 0.15) is 10.4 Å². The zero-order valence-electron chi connectivity index (χ0n) is 7.27. The molecule has 0 spiro atoms. The van der Waals surface area contributed by atoms with Gasteiger partial charge in [-0.15, -0.1) is 0 Å². The summed E-state index contributed by atoms with van der Waals surface area (Å²) in [6, 6.07) is 1.62. The normalized spacial score (nSPS) is 10.4. The third-order valence-corrected chi connectivity index (χ3v) is 2.56. The first-order chi connectivity index (χ1) is 6.74. The molecular weight excluding hydrogens is 297 g/mol. The third kappa shape index (κ3) is 1.35. The standard InChI is InChI=1S/C8H6IN3O2/c1-14-8(13)5-2-3-10-6-4-11-12(9)7(5)6/h2-4H,1H3. The van der Waals surface area contributed by atoms with Gasteiger partial charge in [0.05, 0.1) is 41.7 Å². The Kier molecular flexibility index (Phi) is 2.36. The molecule has 0 atom stereocenters. The molecule has 2 heterocycles. The van der Waals surface area contributed by atoms with Gasteiger partial charge in [0.1, 0.15) is 11.0 Å². The summed E-state index contributed by atoms with van der Waals surface area (Å²) < 4.78 is 6.23. The lowest BCUT2D eigenvalue weighted by molar-refractivity contribution is 0.0602. The molecule has 0 radical (unpaired) electrons. The Bertz CT molecular complexity index is 494. The van der Waals surface area contributed by atoms with E-state index >= 15 is 0 Å². The Morgan fingerprint density at radius 2 is 2.43 bits per heavy atom. The molecule has 2 aromatic heterocycles. The summed E-state index contributed by atoms with van der Waals surface area (Å²) in [6.07, 6.45) is 3.17. The molecule has 0 N–H and O–H groups in total. The smallest absolute Gasteiger partial charge is 0.340 e. The van der Waals surface area contributed by atoms with E-state index in [2.05, 4.69) is 14.8 Å². The molecule has 0 aliphatic carbocycles. The molecule has 2 rings (SSSR count). The lowest BCUT2D eigenvalue weighted by Gasteiger charge is -2.00. The zero-order valence-corrected chi connectivity index (χ0v) is 9.43. The quantitative estimate of drug-likeness (QED) is 0.590. The van der Waals surface area contributed by atoms with Crippen molar-refractivity contribution in [2.24, 2.45) is 0 Å². The Balaban J connectivity index is 2.75. The van der Waals surface area contributed by atoms with Gasteiger partial charge in [-0.05, 0) is 6.07 Å². The number of fused-ring (bicyclic) bond motifs is 1. The minimum absolute atomic E-state index is 0.379. The van der Waals surface area contributed by atoms with Gasteiger partial charge in [-0.3, -0.25) is 4.98 Å². The maximum atomic E-state index is 11.4. The highest BCUT2D eigenvalue weighted by atomic mass is 127. The van der Waals surface area contributed by atoms with E-state index in [0.29, 0.717) is 16.6 Å². The van der Waals surface area contributed by atoms with E-state index in [1.54, 1.807) is 21.4 Å². The van der Waals surface area contributed by atoms with Gasteiger partial charge in [-0.2, -0.15) is 5.10 Å². The van der Waals surface area contributed by atoms with Gasteiger partial charge >= 0.3 is 5.97 Å². The molecule has 0 bridgehead atoms. The molecule has 5 nitrogen and oxygen atoms in total. The molecule has 2 aromatic rings. The first-order valence-corrected chi connectivity index (χ1v) is 4.77. The van der Waals surface area contributed by atoms with Crippen molar-refractivity contribution >= 4 is 39.9 Å². The van der Waals surface area contributed by atoms with Crippen molar-refractivity contribution in [2.45, 2.75) is 0 Å². The number of aromatic nitrogens is 3. The molecule has 0 saturated carbocycles. The second-order valence-corrected chi connectivity index (χ2v) is 3.50. The number of methoxy groups -OCH3 is 1. The van der Waals surface area contributed by atoms with Crippen LogP contribution in [0.2, 0.25) is 0 Å². The van der Waals surface area contributed by atoms with Gasteiger partial charge in [0.15, 0.2) is 0 Å². The van der Waals surface area contributed by atoms with Crippen LogP contribution >= 0.6 is 22.9 Å². The van der Waals surface area contributed by atoms with E-state index in [-0.39, 0.29) is 5.97 Å². The van der Waals surface area contributed by atoms with Crippen LogP contribution in [0.25, 0.3) is 11.0 Å². The molecule has 0 amide bonds. The minimum atomic E-state index is -0.379. The molecule has 0 aromatic carbocycles. The summed E-state index contributed by atoms with van der Waals surface area (Å²) in [5, 5.41) is 4.01. The monoisotopic (exact) mass is 303 g/mol. The van der Waals surface area contributed by atoms with Crippen molar-refractivity contribution in [2.75, 3.05) is 7.11 Å². The number of nitrogens with zero attached hydrogens (tertiary/aromatic N) is 3. The number of hydrogen-bond acceptors (Lipinski definition) is 4. The van der Waals surface area contributed by atoms with Gasteiger partial charge < -0.3 is 4.74 Å². The fourth-order valence-corrected chi connectivity index (χ4v) is 1.83. The maximum Gasteiger partial charge on any atom is 0.340 e. The number of rotatable bonds is 1. The van der Waals surface area contributed by atoms with Crippen LogP contribution in [0.4, 0.5) is 0 Å². The summed E-state index contributed by atoms with van der Waals surface area (Å²) >= 11 is 1.99. The molecule has 0 aliphatic rings. The summed E-state index contributed by atoms with van der Waals surface area (Å²) in [7, 11) is 1.35.